The predicted octanol–water partition coefficient (Wildman–Crippen LogP) is 3.73. The Kier molecular flexibility index (Phi) is 9.57. The zero-order chi connectivity index (χ0) is 16.2. The van der Waals surface area contributed by atoms with Crippen LogP contribution in [0.1, 0.15) is 24.4 Å². The van der Waals surface area contributed by atoms with Crippen LogP contribution in [0, 0.1) is 10.1 Å². The van der Waals surface area contributed by atoms with E-state index < -0.39 is 17.5 Å². The van der Waals surface area contributed by atoms with Crippen LogP contribution in [-0.2, 0) is 0 Å². The van der Waals surface area contributed by atoms with Gasteiger partial charge in [-0.2, -0.15) is 13.2 Å². The fraction of sp³-hybridized carbons (Fsp3) is 0.571. The number of alkyl halides is 3. The molecule has 1 fully saturated rings. The lowest BCUT2D eigenvalue weighted by molar-refractivity contribution is -0.384. The van der Waals surface area contributed by atoms with Gasteiger partial charge in [0.2, 0.25) is 0 Å². The van der Waals surface area contributed by atoms with Crippen molar-refractivity contribution in [2.24, 2.45) is 0 Å². The van der Waals surface area contributed by atoms with Crippen molar-refractivity contribution >= 4 is 30.5 Å². The number of hydrogen-bond donors (Lipinski definition) is 1. The lowest BCUT2D eigenvalue weighted by Crippen LogP contribution is -2.45. The smallest absolute Gasteiger partial charge is 0.314 e. The average molecular weight is 390 g/mol. The van der Waals surface area contributed by atoms with Gasteiger partial charge in [-0.15, -0.1) is 24.8 Å². The van der Waals surface area contributed by atoms with E-state index in [-0.39, 0.29) is 43.0 Å². The molecule has 2 rings (SSSR count). The molecule has 1 aliphatic heterocycles. The van der Waals surface area contributed by atoms with E-state index in [9.17, 15) is 23.3 Å². The van der Waals surface area contributed by atoms with Gasteiger partial charge in [0.1, 0.15) is 0 Å². The summed E-state index contributed by atoms with van der Waals surface area (Å²) in [4.78, 5) is 12.2. The third-order valence-corrected chi connectivity index (χ3v) is 3.78. The molecule has 10 heteroatoms. The van der Waals surface area contributed by atoms with Gasteiger partial charge in [-0.1, -0.05) is 12.1 Å². The number of rotatable bonds is 5. The van der Waals surface area contributed by atoms with Crippen LogP contribution < -0.4 is 5.32 Å². The zero-order valence-electron chi connectivity index (χ0n) is 12.8. The summed E-state index contributed by atoms with van der Waals surface area (Å²) in [7, 11) is 0. The maximum atomic E-state index is 12.5. The molecule has 0 unspecified atom stereocenters. The Hall–Kier alpha value is -1.09. The Bertz CT molecular complexity index is 509. The second-order valence-corrected chi connectivity index (χ2v) is 5.30. The molecule has 0 amide bonds. The zero-order valence-corrected chi connectivity index (χ0v) is 14.4. The number of nitrogens with one attached hydrogen (secondary N) is 1. The van der Waals surface area contributed by atoms with Crippen molar-refractivity contribution in [3.63, 3.8) is 0 Å². The number of nitro benzene ring substituents is 1. The summed E-state index contributed by atoms with van der Waals surface area (Å²) in [6.07, 6.45) is -5.10. The normalized spacial score (nSPS) is 16.6. The van der Waals surface area contributed by atoms with Crippen molar-refractivity contribution in [2.75, 3.05) is 26.2 Å². The van der Waals surface area contributed by atoms with E-state index in [0.29, 0.717) is 18.7 Å². The first-order chi connectivity index (χ1) is 10.4. The van der Waals surface area contributed by atoms with Gasteiger partial charge in [0.05, 0.1) is 4.92 Å². The number of benzene rings is 1. The van der Waals surface area contributed by atoms with Crippen molar-refractivity contribution < 1.29 is 18.1 Å². The lowest BCUT2D eigenvalue weighted by Gasteiger charge is -2.35. The SMILES string of the molecule is Cl.Cl.O=[N+]([O-])c1ccc([C@@H](CCC(F)(F)F)N2CCNCC2)cc1. The van der Waals surface area contributed by atoms with Crippen LogP contribution in [0.2, 0.25) is 0 Å². The number of halogens is 5. The molecule has 0 spiro atoms. The van der Waals surface area contributed by atoms with Crippen molar-refractivity contribution in [2.45, 2.75) is 25.1 Å². The number of non-ortho nitro benzene ring substituents is 1. The topological polar surface area (TPSA) is 58.4 Å². The highest BCUT2D eigenvalue weighted by molar-refractivity contribution is 5.85. The maximum Gasteiger partial charge on any atom is 0.389 e. The van der Waals surface area contributed by atoms with Gasteiger partial charge in [-0.3, -0.25) is 15.0 Å². The number of piperazine rings is 1. The molecule has 0 saturated carbocycles. The first-order valence-corrected chi connectivity index (χ1v) is 7.13. The molecular weight excluding hydrogens is 370 g/mol. The van der Waals surface area contributed by atoms with Crippen molar-refractivity contribution in [3.05, 3.63) is 39.9 Å². The summed E-state index contributed by atoms with van der Waals surface area (Å²) in [5, 5.41) is 13.8. The van der Waals surface area contributed by atoms with Crippen LogP contribution in [0.25, 0.3) is 0 Å². The number of hydrogen-bond acceptors (Lipinski definition) is 4. The monoisotopic (exact) mass is 389 g/mol. The largest absolute Gasteiger partial charge is 0.389 e. The molecule has 0 radical (unpaired) electrons. The highest BCUT2D eigenvalue weighted by Crippen LogP contribution is 2.32. The molecule has 5 nitrogen and oxygen atoms in total. The molecule has 1 atom stereocenters. The maximum absolute atomic E-state index is 12.5. The van der Waals surface area contributed by atoms with E-state index in [4.69, 9.17) is 0 Å². The minimum atomic E-state index is -4.20. The first kappa shape index (κ1) is 22.9. The molecule has 0 aliphatic carbocycles. The van der Waals surface area contributed by atoms with Gasteiger partial charge in [0.15, 0.2) is 0 Å². The molecule has 1 aliphatic rings. The molecule has 1 aromatic carbocycles. The van der Waals surface area contributed by atoms with Crippen LogP contribution in [-0.4, -0.2) is 42.2 Å². The Morgan fingerprint density at radius 3 is 2.17 bits per heavy atom. The Balaban J connectivity index is 0.00000264. The Morgan fingerprint density at radius 2 is 1.71 bits per heavy atom. The first-order valence-electron chi connectivity index (χ1n) is 7.13. The van der Waals surface area contributed by atoms with Gasteiger partial charge in [0.25, 0.3) is 5.69 Å². The highest BCUT2D eigenvalue weighted by Gasteiger charge is 2.31. The predicted molar refractivity (Wildman–Crippen MR) is 90.1 cm³/mol. The Labute approximate surface area is 150 Å². The highest BCUT2D eigenvalue weighted by atomic mass is 35.5. The van der Waals surface area contributed by atoms with Crippen molar-refractivity contribution in [1.29, 1.82) is 0 Å². The molecule has 0 bridgehead atoms. The summed E-state index contributed by atoms with van der Waals surface area (Å²) in [6.45, 7) is 2.80. The summed E-state index contributed by atoms with van der Waals surface area (Å²) in [5.74, 6) is 0. The standard InChI is InChI=1S/C14H18F3N3O2.2ClH/c15-14(16,17)6-5-13(19-9-7-18-8-10-19)11-1-3-12(4-2-11)20(21)22;;/h1-4,13,18H,5-10H2;2*1H/t13-;;/m1../s1. The molecular formula is C14H20Cl2F3N3O2. The summed E-state index contributed by atoms with van der Waals surface area (Å²) in [5.41, 5.74) is 0.635. The van der Waals surface area contributed by atoms with Gasteiger partial charge in [-0.05, 0) is 12.0 Å². The van der Waals surface area contributed by atoms with Gasteiger partial charge < -0.3 is 5.32 Å². The van der Waals surface area contributed by atoms with E-state index in [0.717, 1.165) is 13.1 Å². The van der Waals surface area contributed by atoms with Crippen molar-refractivity contribution in [1.82, 2.24) is 10.2 Å². The molecule has 24 heavy (non-hydrogen) atoms. The minimum Gasteiger partial charge on any atom is -0.314 e. The van der Waals surface area contributed by atoms with E-state index in [1.54, 1.807) is 12.1 Å². The summed E-state index contributed by atoms with van der Waals surface area (Å²) >= 11 is 0. The van der Waals surface area contributed by atoms with Crippen LogP contribution >= 0.6 is 24.8 Å². The van der Waals surface area contributed by atoms with E-state index >= 15 is 0 Å². The molecule has 138 valence electrons. The minimum absolute atomic E-state index is 0. The third-order valence-electron chi connectivity index (χ3n) is 3.78. The number of nitrogens with zero attached hydrogens (tertiary/aromatic N) is 2. The van der Waals surface area contributed by atoms with Crippen molar-refractivity contribution in [3.8, 4) is 0 Å². The average Bonchev–Trinajstić information content (AvgIpc) is 2.48. The quantitative estimate of drug-likeness (QED) is 0.615. The van der Waals surface area contributed by atoms with Crippen LogP contribution in [0.4, 0.5) is 18.9 Å². The van der Waals surface area contributed by atoms with E-state index in [1.165, 1.54) is 12.1 Å². The summed E-state index contributed by atoms with van der Waals surface area (Å²) < 4.78 is 37.6. The van der Waals surface area contributed by atoms with Crippen LogP contribution in [0.3, 0.4) is 0 Å². The van der Waals surface area contributed by atoms with Gasteiger partial charge in [-0.25, -0.2) is 0 Å². The second kappa shape index (κ2) is 10.0. The van der Waals surface area contributed by atoms with Crippen LogP contribution in [0.5, 0.6) is 0 Å². The van der Waals surface area contributed by atoms with Crippen LogP contribution in [0.15, 0.2) is 24.3 Å². The molecule has 0 aromatic heterocycles. The Morgan fingerprint density at radius 1 is 1.17 bits per heavy atom. The fourth-order valence-corrected chi connectivity index (χ4v) is 2.67. The third kappa shape index (κ3) is 6.80. The molecule has 1 aromatic rings. The second-order valence-electron chi connectivity index (χ2n) is 5.30. The number of nitro groups is 1. The molecule has 1 heterocycles. The van der Waals surface area contributed by atoms with E-state index in [2.05, 4.69) is 5.32 Å². The fourth-order valence-electron chi connectivity index (χ4n) is 2.67. The van der Waals surface area contributed by atoms with Gasteiger partial charge in [0, 0.05) is 50.8 Å². The van der Waals surface area contributed by atoms with E-state index in [1.807, 2.05) is 4.90 Å². The lowest BCUT2D eigenvalue weighted by atomic mass is 9.99. The summed E-state index contributed by atoms with van der Waals surface area (Å²) in [6, 6.07) is 5.43. The molecule has 1 saturated heterocycles. The van der Waals surface area contributed by atoms with Gasteiger partial charge >= 0.3 is 6.18 Å². The molecule has 1 N–H and O–H groups in total.